The summed E-state index contributed by atoms with van der Waals surface area (Å²) in [5.74, 6) is -1.91. The summed E-state index contributed by atoms with van der Waals surface area (Å²) in [4.78, 5) is 48.1. The molecule has 0 bridgehead atoms. The van der Waals surface area contributed by atoms with Gasteiger partial charge in [-0.25, -0.2) is 4.79 Å². The lowest BCUT2D eigenvalue weighted by Crippen LogP contribution is -2.37. The zero-order valence-corrected chi connectivity index (χ0v) is 39.9. The highest BCUT2D eigenvalue weighted by atomic mass is 16.6. The van der Waals surface area contributed by atoms with Crippen LogP contribution in [0.2, 0.25) is 0 Å². The van der Waals surface area contributed by atoms with Crippen LogP contribution in [0.5, 0.6) is 0 Å². The molecule has 0 aromatic heterocycles. The maximum Gasteiger partial charge on any atom is 0.407 e. The van der Waals surface area contributed by atoms with E-state index in [4.69, 9.17) is 71.8 Å². The Morgan fingerprint density at radius 1 is 0.420 bits per heavy atom. The minimum absolute atomic E-state index is 0.00383. The molecular weight excluding hydrogens is 909 g/mol. The highest BCUT2D eigenvalue weighted by molar-refractivity contribution is 5.79. The quantitative estimate of drug-likeness (QED) is 0.0808. The summed E-state index contributed by atoms with van der Waals surface area (Å²) in [7, 11) is 0. The zero-order chi connectivity index (χ0) is 49.3. The number of benzene rings is 2. The van der Waals surface area contributed by atoms with Gasteiger partial charge in [0.2, 0.25) is 5.91 Å². The summed E-state index contributed by atoms with van der Waals surface area (Å²) < 4.78 is 71.4. The van der Waals surface area contributed by atoms with Crippen LogP contribution in [-0.2, 0) is 76.0 Å². The molecule has 0 heterocycles. The van der Waals surface area contributed by atoms with E-state index < -0.39 is 18.0 Å². The average Bonchev–Trinajstić information content (AvgIpc) is 3.66. The summed E-state index contributed by atoms with van der Waals surface area (Å²) in [5.41, 5.74) is 4.68. The van der Waals surface area contributed by atoms with Gasteiger partial charge < -0.3 is 82.0 Å². The lowest BCUT2D eigenvalue weighted by molar-refractivity contribution is -0.139. The van der Waals surface area contributed by atoms with Gasteiger partial charge in [0.25, 0.3) is 0 Å². The molecule has 3 N–H and O–H groups in total. The summed E-state index contributed by atoms with van der Waals surface area (Å²) in [6, 6.07) is 16.4. The smallest absolute Gasteiger partial charge is 0.407 e. The van der Waals surface area contributed by atoms with Crippen LogP contribution in [0.3, 0.4) is 0 Å². The third kappa shape index (κ3) is 29.4. The van der Waals surface area contributed by atoms with Gasteiger partial charge in [0.05, 0.1) is 178 Å². The predicted molar refractivity (Wildman–Crippen MR) is 249 cm³/mol. The first kappa shape index (κ1) is 59.0. The first-order valence-corrected chi connectivity index (χ1v) is 23.6. The molecule has 0 atom stereocenters. The van der Waals surface area contributed by atoms with E-state index in [9.17, 15) is 19.2 Å². The number of nitrogens with zero attached hydrogens (tertiary/aromatic N) is 1. The number of nitrogens with one attached hydrogen (secondary N) is 1. The van der Waals surface area contributed by atoms with E-state index in [1.54, 1.807) is 4.90 Å². The number of aliphatic carboxylic acids is 2. The second-order valence-corrected chi connectivity index (χ2v) is 15.0. The van der Waals surface area contributed by atoms with Crippen molar-refractivity contribution >= 4 is 23.9 Å². The van der Waals surface area contributed by atoms with Crippen molar-refractivity contribution in [2.24, 2.45) is 0 Å². The van der Waals surface area contributed by atoms with Gasteiger partial charge in [0.15, 0.2) is 0 Å². The lowest BCUT2D eigenvalue weighted by atomic mass is 9.98. The van der Waals surface area contributed by atoms with E-state index in [0.717, 1.165) is 11.1 Å². The summed E-state index contributed by atoms with van der Waals surface area (Å²) in [6.07, 6.45) is -0.403. The van der Waals surface area contributed by atoms with Gasteiger partial charge in [0, 0.05) is 25.6 Å². The monoisotopic (exact) mass is 982 g/mol. The Bertz CT molecular complexity index is 1570. The number of ether oxygens (including phenoxy) is 13. The fraction of sp³-hybridized carbons (Fsp3) is 0.667. The Hall–Kier alpha value is -4.36. The molecule has 2 aromatic rings. The number of hydrogen-bond donors (Lipinski definition) is 3. The van der Waals surface area contributed by atoms with Crippen LogP contribution in [0.1, 0.15) is 36.3 Å². The van der Waals surface area contributed by atoms with Gasteiger partial charge in [-0.3, -0.25) is 14.4 Å². The Kier molecular flexibility index (Phi) is 34.5. The van der Waals surface area contributed by atoms with Gasteiger partial charge in [-0.05, 0) is 22.3 Å². The topological polar surface area (TPSA) is 244 Å². The van der Waals surface area contributed by atoms with E-state index in [0.29, 0.717) is 158 Å². The van der Waals surface area contributed by atoms with Crippen LogP contribution < -0.4 is 5.32 Å². The van der Waals surface area contributed by atoms with Crippen molar-refractivity contribution in [2.45, 2.75) is 25.2 Å². The maximum absolute atomic E-state index is 13.1. The van der Waals surface area contributed by atoms with Crippen LogP contribution >= 0.6 is 0 Å². The molecule has 0 aliphatic heterocycles. The number of hydrogen-bond acceptors (Lipinski definition) is 17. The van der Waals surface area contributed by atoms with E-state index in [1.165, 1.54) is 11.1 Å². The fourth-order valence-corrected chi connectivity index (χ4v) is 6.51. The van der Waals surface area contributed by atoms with Crippen molar-refractivity contribution in [1.29, 1.82) is 0 Å². The molecule has 2 aromatic carbocycles. The summed E-state index contributed by atoms with van der Waals surface area (Å²) >= 11 is 0. The maximum atomic E-state index is 13.1. The van der Waals surface area contributed by atoms with Crippen LogP contribution in [-0.4, -0.2) is 224 Å². The molecule has 21 nitrogen and oxygen atoms in total. The van der Waals surface area contributed by atoms with E-state index >= 15 is 0 Å². The van der Waals surface area contributed by atoms with Crippen LogP contribution in [0, 0.1) is 0 Å². The van der Waals surface area contributed by atoms with Crippen molar-refractivity contribution < 1.29 is 91.0 Å². The Morgan fingerprint density at radius 2 is 0.739 bits per heavy atom. The zero-order valence-electron chi connectivity index (χ0n) is 39.9. The van der Waals surface area contributed by atoms with Gasteiger partial charge in [0.1, 0.15) is 6.61 Å². The molecule has 0 unspecified atom stereocenters. The average molecular weight is 983 g/mol. The number of carboxylic acids is 2. The van der Waals surface area contributed by atoms with Crippen molar-refractivity contribution in [1.82, 2.24) is 10.2 Å². The normalized spacial score (nSPS) is 11.9. The molecule has 0 saturated heterocycles. The van der Waals surface area contributed by atoms with E-state index in [-0.39, 0.29) is 57.5 Å². The largest absolute Gasteiger partial charge is 0.481 e. The lowest BCUT2D eigenvalue weighted by Gasteiger charge is -2.23. The van der Waals surface area contributed by atoms with Crippen LogP contribution in [0.4, 0.5) is 4.79 Å². The first-order valence-electron chi connectivity index (χ1n) is 23.6. The number of carboxylic acid groups (broad SMARTS) is 2. The van der Waals surface area contributed by atoms with Gasteiger partial charge in [-0.15, -0.1) is 0 Å². The Labute approximate surface area is 405 Å². The second-order valence-electron chi connectivity index (χ2n) is 15.0. The summed E-state index contributed by atoms with van der Waals surface area (Å²) in [6.45, 7) is 9.02. The molecular formula is C48H74N2O19. The van der Waals surface area contributed by atoms with Gasteiger partial charge in [-0.2, -0.15) is 0 Å². The number of rotatable bonds is 47. The first-order chi connectivity index (χ1) is 33.9. The predicted octanol–water partition coefficient (Wildman–Crippen LogP) is 2.89. The minimum Gasteiger partial charge on any atom is -0.481 e. The van der Waals surface area contributed by atoms with E-state index in [1.807, 2.05) is 24.3 Å². The third-order valence-corrected chi connectivity index (χ3v) is 9.95. The minimum atomic E-state index is -0.907. The molecule has 0 saturated carbocycles. The second kappa shape index (κ2) is 40.4. The van der Waals surface area contributed by atoms with Gasteiger partial charge >= 0.3 is 18.0 Å². The standard InChI is InChI=1S/C48H74N2O19/c51-45(9-15-57-21-27-63-33-36-66-30-24-60-18-12-49-48(56)69-39-44-42-7-3-1-5-40(42)41-6-2-4-8-43(41)44)50(13-19-61-25-31-67-37-34-64-28-22-58-16-10-46(52)53)14-20-62-26-32-68-38-35-65-29-23-59-17-11-47(54)55/h1-8,44H,9-39H2,(H,49,56)(H,52,53)(H,54,55). The van der Waals surface area contributed by atoms with Crippen molar-refractivity contribution in [3.8, 4) is 11.1 Å². The molecule has 2 amide bonds. The molecule has 1 aliphatic carbocycles. The van der Waals surface area contributed by atoms with Crippen molar-refractivity contribution in [3.63, 3.8) is 0 Å². The number of carbonyl (C=O) groups is 4. The number of alkyl carbamates (subject to hydrolysis) is 1. The molecule has 1 aliphatic rings. The molecule has 0 spiro atoms. The highest BCUT2D eigenvalue weighted by Crippen LogP contribution is 2.44. The van der Waals surface area contributed by atoms with E-state index in [2.05, 4.69) is 29.6 Å². The number of carbonyl (C=O) groups excluding carboxylic acids is 2. The number of amides is 2. The summed E-state index contributed by atoms with van der Waals surface area (Å²) in [5, 5.41) is 19.9. The van der Waals surface area contributed by atoms with Crippen LogP contribution in [0.15, 0.2) is 48.5 Å². The van der Waals surface area contributed by atoms with Crippen LogP contribution in [0.25, 0.3) is 11.1 Å². The van der Waals surface area contributed by atoms with Crippen molar-refractivity contribution in [2.75, 3.05) is 185 Å². The highest BCUT2D eigenvalue weighted by Gasteiger charge is 2.29. The van der Waals surface area contributed by atoms with Gasteiger partial charge in [-0.1, -0.05) is 48.5 Å². The molecule has 0 radical (unpaired) electrons. The Balaban J connectivity index is 1.15. The molecule has 0 fully saturated rings. The Morgan fingerprint density at radius 3 is 1.12 bits per heavy atom. The SMILES string of the molecule is O=C(O)CCOCCOCCOCCOCCN(CCOCCOCCOCCOCCC(=O)O)C(=O)CCOCCOCCOCCOCCNC(=O)OCC1c2ccccc2-c2ccccc21. The molecule has 3 rings (SSSR count). The third-order valence-electron chi connectivity index (χ3n) is 9.95. The molecule has 390 valence electrons. The molecule has 21 heteroatoms. The number of fused-ring (bicyclic) bond motifs is 3. The van der Waals surface area contributed by atoms with Crippen molar-refractivity contribution in [3.05, 3.63) is 59.7 Å². The molecule has 69 heavy (non-hydrogen) atoms. The fourth-order valence-electron chi connectivity index (χ4n) is 6.51.